The molecule has 0 saturated carbocycles. The molecule has 0 atom stereocenters. The Bertz CT molecular complexity index is 540. The summed E-state index contributed by atoms with van der Waals surface area (Å²) < 4.78 is 0. The first-order chi connectivity index (χ1) is 8.16. The summed E-state index contributed by atoms with van der Waals surface area (Å²) in [6.07, 6.45) is 3.05. The quantitative estimate of drug-likeness (QED) is 0.802. The summed E-state index contributed by atoms with van der Waals surface area (Å²) in [6, 6.07) is 8.24. The number of carbonyl (C=O) groups is 1. The second kappa shape index (κ2) is 4.84. The van der Waals surface area contributed by atoms with Crippen molar-refractivity contribution >= 4 is 28.9 Å². The van der Waals surface area contributed by atoms with Gasteiger partial charge in [0, 0.05) is 17.4 Å². The van der Waals surface area contributed by atoms with E-state index in [-0.39, 0.29) is 5.91 Å². The van der Waals surface area contributed by atoms with Crippen LogP contribution in [0.4, 0.5) is 11.4 Å². The Labute approximate surface area is 103 Å². The van der Waals surface area contributed by atoms with Crippen molar-refractivity contribution in [3.63, 3.8) is 0 Å². The third kappa shape index (κ3) is 2.73. The monoisotopic (exact) mass is 247 g/mol. The van der Waals surface area contributed by atoms with Crippen molar-refractivity contribution in [3.8, 4) is 0 Å². The van der Waals surface area contributed by atoms with Gasteiger partial charge in [-0.3, -0.25) is 9.78 Å². The van der Waals surface area contributed by atoms with E-state index >= 15 is 0 Å². The molecule has 4 nitrogen and oxygen atoms in total. The average molecular weight is 248 g/mol. The van der Waals surface area contributed by atoms with E-state index in [1.165, 1.54) is 6.20 Å². The Kier molecular flexibility index (Phi) is 3.25. The highest BCUT2D eigenvalue weighted by molar-refractivity contribution is 6.33. The SMILES string of the molecule is Nc1ccc(C(=O)Nc2cnccc2Cl)cc1. The maximum absolute atomic E-state index is 11.8. The molecule has 3 N–H and O–H groups in total. The lowest BCUT2D eigenvalue weighted by Gasteiger charge is -2.06. The Morgan fingerprint density at radius 1 is 1.24 bits per heavy atom. The minimum Gasteiger partial charge on any atom is -0.399 e. The lowest BCUT2D eigenvalue weighted by atomic mass is 10.2. The van der Waals surface area contributed by atoms with Gasteiger partial charge in [-0.05, 0) is 30.3 Å². The molecular formula is C12H10ClN3O. The molecule has 5 heteroatoms. The van der Waals surface area contributed by atoms with Crippen molar-refractivity contribution in [1.29, 1.82) is 0 Å². The van der Waals surface area contributed by atoms with Crippen LogP contribution >= 0.6 is 11.6 Å². The second-order valence-corrected chi connectivity index (χ2v) is 3.84. The van der Waals surface area contributed by atoms with Crippen molar-refractivity contribution in [2.24, 2.45) is 0 Å². The molecule has 1 aromatic heterocycles. The van der Waals surface area contributed by atoms with E-state index in [1.54, 1.807) is 36.5 Å². The first-order valence-electron chi connectivity index (χ1n) is 4.93. The summed E-state index contributed by atoms with van der Waals surface area (Å²) in [5.74, 6) is -0.250. The van der Waals surface area contributed by atoms with Gasteiger partial charge in [0.1, 0.15) is 0 Å². The molecule has 0 unspecified atom stereocenters. The summed E-state index contributed by atoms with van der Waals surface area (Å²) in [5, 5.41) is 3.12. The Morgan fingerprint density at radius 3 is 2.59 bits per heavy atom. The molecule has 2 aromatic rings. The highest BCUT2D eigenvalue weighted by atomic mass is 35.5. The lowest BCUT2D eigenvalue weighted by molar-refractivity contribution is 0.102. The number of halogens is 1. The topological polar surface area (TPSA) is 68.0 Å². The summed E-state index contributed by atoms with van der Waals surface area (Å²) in [6.45, 7) is 0. The van der Waals surface area contributed by atoms with Crippen molar-refractivity contribution in [3.05, 3.63) is 53.3 Å². The molecule has 2 rings (SSSR count). The van der Waals surface area contributed by atoms with Crippen LogP contribution in [-0.2, 0) is 0 Å². The molecule has 1 aromatic carbocycles. The Morgan fingerprint density at radius 2 is 1.94 bits per heavy atom. The van der Waals surface area contributed by atoms with Crippen LogP contribution in [0.5, 0.6) is 0 Å². The third-order valence-corrected chi connectivity index (χ3v) is 2.52. The molecule has 0 radical (unpaired) electrons. The van der Waals surface area contributed by atoms with Gasteiger partial charge in [0.2, 0.25) is 0 Å². The van der Waals surface area contributed by atoms with Gasteiger partial charge < -0.3 is 11.1 Å². The number of carbonyl (C=O) groups excluding carboxylic acids is 1. The van der Waals surface area contributed by atoms with E-state index in [0.29, 0.717) is 22.0 Å². The molecule has 0 bridgehead atoms. The zero-order valence-electron chi connectivity index (χ0n) is 8.85. The van der Waals surface area contributed by atoms with Gasteiger partial charge in [-0.15, -0.1) is 0 Å². The average Bonchev–Trinajstić information content (AvgIpc) is 2.33. The standard InChI is InChI=1S/C12H10ClN3O/c13-10-5-6-15-7-11(10)16-12(17)8-1-3-9(14)4-2-8/h1-7H,14H2,(H,16,17). The highest BCUT2D eigenvalue weighted by Gasteiger charge is 2.07. The number of anilines is 2. The van der Waals surface area contributed by atoms with Crippen LogP contribution in [0.1, 0.15) is 10.4 Å². The highest BCUT2D eigenvalue weighted by Crippen LogP contribution is 2.20. The minimum absolute atomic E-state index is 0.250. The number of nitrogens with two attached hydrogens (primary N) is 1. The van der Waals surface area contributed by atoms with Gasteiger partial charge in [-0.25, -0.2) is 0 Å². The Balaban J connectivity index is 2.17. The third-order valence-electron chi connectivity index (χ3n) is 2.19. The van der Waals surface area contributed by atoms with E-state index < -0.39 is 0 Å². The van der Waals surface area contributed by atoms with E-state index in [1.807, 2.05) is 0 Å². The summed E-state index contributed by atoms with van der Waals surface area (Å²) in [5.41, 5.74) is 7.15. The minimum atomic E-state index is -0.250. The molecule has 86 valence electrons. The number of rotatable bonds is 2. The number of hydrogen-bond acceptors (Lipinski definition) is 3. The maximum atomic E-state index is 11.8. The summed E-state index contributed by atoms with van der Waals surface area (Å²) in [4.78, 5) is 15.7. The Hall–Kier alpha value is -2.07. The fraction of sp³-hybridized carbons (Fsp3) is 0. The summed E-state index contributed by atoms with van der Waals surface area (Å²) >= 11 is 5.91. The fourth-order valence-electron chi connectivity index (χ4n) is 1.30. The molecule has 0 saturated heterocycles. The zero-order valence-corrected chi connectivity index (χ0v) is 9.61. The molecule has 1 amide bonds. The van der Waals surface area contributed by atoms with Gasteiger partial charge in [0.05, 0.1) is 16.9 Å². The summed E-state index contributed by atoms with van der Waals surface area (Å²) in [7, 11) is 0. The van der Waals surface area contributed by atoms with Gasteiger partial charge in [0.15, 0.2) is 0 Å². The lowest BCUT2D eigenvalue weighted by Crippen LogP contribution is -2.12. The van der Waals surface area contributed by atoms with E-state index in [9.17, 15) is 4.79 Å². The van der Waals surface area contributed by atoms with Gasteiger partial charge in [-0.2, -0.15) is 0 Å². The van der Waals surface area contributed by atoms with Gasteiger partial charge in [-0.1, -0.05) is 11.6 Å². The smallest absolute Gasteiger partial charge is 0.255 e. The number of aromatic nitrogens is 1. The number of nitrogens with zero attached hydrogens (tertiary/aromatic N) is 1. The number of pyridine rings is 1. The molecule has 0 spiro atoms. The van der Waals surface area contributed by atoms with E-state index in [0.717, 1.165) is 0 Å². The van der Waals surface area contributed by atoms with Gasteiger partial charge in [0.25, 0.3) is 5.91 Å². The molecule has 0 aliphatic heterocycles. The molecule has 0 aliphatic carbocycles. The van der Waals surface area contributed by atoms with Crippen LogP contribution in [0.15, 0.2) is 42.7 Å². The molecule has 0 fully saturated rings. The number of nitrogen functional groups attached to an aromatic ring is 1. The first kappa shape index (κ1) is 11.4. The molecule has 1 heterocycles. The molecule has 17 heavy (non-hydrogen) atoms. The zero-order chi connectivity index (χ0) is 12.3. The van der Waals surface area contributed by atoms with E-state index in [4.69, 9.17) is 17.3 Å². The number of nitrogens with one attached hydrogen (secondary N) is 1. The van der Waals surface area contributed by atoms with Crippen LogP contribution in [0.25, 0.3) is 0 Å². The van der Waals surface area contributed by atoms with Crippen molar-refractivity contribution in [2.75, 3.05) is 11.1 Å². The molecule has 0 aliphatic rings. The largest absolute Gasteiger partial charge is 0.399 e. The number of amides is 1. The van der Waals surface area contributed by atoms with Crippen LogP contribution in [0, 0.1) is 0 Å². The first-order valence-corrected chi connectivity index (χ1v) is 5.31. The van der Waals surface area contributed by atoms with Crippen LogP contribution < -0.4 is 11.1 Å². The van der Waals surface area contributed by atoms with Crippen molar-refractivity contribution < 1.29 is 4.79 Å². The predicted molar refractivity (Wildman–Crippen MR) is 68.1 cm³/mol. The molecular weight excluding hydrogens is 238 g/mol. The van der Waals surface area contributed by atoms with E-state index in [2.05, 4.69) is 10.3 Å². The van der Waals surface area contributed by atoms with Crippen molar-refractivity contribution in [2.45, 2.75) is 0 Å². The fourth-order valence-corrected chi connectivity index (χ4v) is 1.45. The van der Waals surface area contributed by atoms with Crippen LogP contribution in [0.3, 0.4) is 0 Å². The van der Waals surface area contributed by atoms with Gasteiger partial charge >= 0.3 is 0 Å². The number of benzene rings is 1. The van der Waals surface area contributed by atoms with Crippen LogP contribution in [0.2, 0.25) is 5.02 Å². The van der Waals surface area contributed by atoms with Crippen molar-refractivity contribution in [1.82, 2.24) is 4.98 Å². The second-order valence-electron chi connectivity index (χ2n) is 3.43. The normalized spacial score (nSPS) is 9.94. The number of hydrogen-bond donors (Lipinski definition) is 2. The van der Waals surface area contributed by atoms with Crippen LogP contribution in [-0.4, -0.2) is 10.9 Å². The maximum Gasteiger partial charge on any atom is 0.255 e. The predicted octanol–water partition coefficient (Wildman–Crippen LogP) is 2.57.